The fraction of sp³-hybridized carbons (Fsp3) is 0.227. The molecule has 2 N–H and O–H groups in total. The van der Waals surface area contributed by atoms with Gasteiger partial charge in [-0.25, -0.2) is 4.98 Å². The first-order valence-electron chi connectivity index (χ1n) is 8.84. The van der Waals surface area contributed by atoms with E-state index in [1.54, 1.807) is 12.1 Å². The lowest BCUT2D eigenvalue weighted by Gasteiger charge is -2.23. The Kier molecular flexibility index (Phi) is 5.09. The van der Waals surface area contributed by atoms with Gasteiger partial charge in [0, 0.05) is 23.1 Å². The SMILES string of the molecule is Cc1cc(Nc2cccc(C#N)c2)nc(Nc2ccccc2C(C)(C)C)n1. The number of nitriles is 1. The maximum absolute atomic E-state index is 9.06. The van der Waals surface area contributed by atoms with E-state index in [1.165, 1.54) is 5.56 Å². The van der Waals surface area contributed by atoms with Crippen molar-refractivity contribution in [2.24, 2.45) is 0 Å². The molecule has 5 heteroatoms. The molecule has 0 spiro atoms. The molecule has 0 fully saturated rings. The lowest BCUT2D eigenvalue weighted by atomic mass is 9.86. The van der Waals surface area contributed by atoms with E-state index >= 15 is 0 Å². The lowest BCUT2D eigenvalue weighted by molar-refractivity contribution is 0.592. The minimum absolute atomic E-state index is 0.00618. The first-order valence-corrected chi connectivity index (χ1v) is 8.84. The second-order valence-corrected chi connectivity index (χ2v) is 7.46. The van der Waals surface area contributed by atoms with Gasteiger partial charge in [0.25, 0.3) is 0 Å². The minimum atomic E-state index is 0.00618. The van der Waals surface area contributed by atoms with Crippen LogP contribution in [0.5, 0.6) is 0 Å². The summed E-state index contributed by atoms with van der Waals surface area (Å²) in [6.45, 7) is 8.47. The molecule has 0 aliphatic carbocycles. The number of hydrogen-bond donors (Lipinski definition) is 2. The summed E-state index contributed by atoms with van der Waals surface area (Å²) in [5.74, 6) is 1.21. The van der Waals surface area contributed by atoms with Gasteiger partial charge in [-0.2, -0.15) is 10.2 Å². The highest BCUT2D eigenvalue weighted by Crippen LogP contribution is 2.31. The molecular weight excluding hydrogens is 334 g/mol. The predicted octanol–water partition coefficient (Wildman–Crippen LogP) is 5.44. The van der Waals surface area contributed by atoms with E-state index in [2.05, 4.69) is 53.5 Å². The predicted molar refractivity (Wildman–Crippen MR) is 110 cm³/mol. The van der Waals surface area contributed by atoms with Crippen molar-refractivity contribution in [3.63, 3.8) is 0 Å². The van der Waals surface area contributed by atoms with E-state index in [-0.39, 0.29) is 5.41 Å². The molecule has 3 rings (SSSR count). The van der Waals surface area contributed by atoms with Crippen LogP contribution in [0.4, 0.5) is 23.1 Å². The second-order valence-electron chi connectivity index (χ2n) is 7.46. The normalized spacial score (nSPS) is 10.9. The third-order valence-corrected chi connectivity index (χ3v) is 4.10. The van der Waals surface area contributed by atoms with Gasteiger partial charge >= 0.3 is 0 Å². The van der Waals surface area contributed by atoms with Gasteiger partial charge in [0.05, 0.1) is 11.6 Å². The highest BCUT2D eigenvalue weighted by Gasteiger charge is 2.18. The molecule has 0 aliphatic rings. The van der Waals surface area contributed by atoms with Crippen LogP contribution in [-0.4, -0.2) is 9.97 Å². The average Bonchev–Trinajstić information content (AvgIpc) is 2.61. The van der Waals surface area contributed by atoms with Crippen molar-refractivity contribution in [1.29, 1.82) is 5.26 Å². The summed E-state index contributed by atoms with van der Waals surface area (Å²) in [5, 5.41) is 15.7. The maximum Gasteiger partial charge on any atom is 0.229 e. The average molecular weight is 357 g/mol. The Balaban J connectivity index is 1.90. The fourth-order valence-electron chi connectivity index (χ4n) is 2.87. The van der Waals surface area contributed by atoms with Crippen molar-refractivity contribution < 1.29 is 0 Å². The van der Waals surface area contributed by atoms with Gasteiger partial charge in [-0.05, 0) is 42.2 Å². The van der Waals surface area contributed by atoms with Gasteiger partial charge in [-0.1, -0.05) is 45.0 Å². The van der Waals surface area contributed by atoms with Crippen molar-refractivity contribution in [3.05, 3.63) is 71.4 Å². The Morgan fingerprint density at radius 1 is 0.926 bits per heavy atom. The number of para-hydroxylation sites is 1. The quantitative estimate of drug-likeness (QED) is 0.650. The molecular formula is C22H23N5. The molecule has 0 unspecified atom stereocenters. The van der Waals surface area contributed by atoms with Crippen molar-refractivity contribution in [2.45, 2.75) is 33.1 Å². The molecule has 0 saturated carbocycles. The molecule has 0 aliphatic heterocycles. The number of nitrogens with one attached hydrogen (secondary N) is 2. The summed E-state index contributed by atoms with van der Waals surface area (Å²) in [7, 11) is 0. The summed E-state index contributed by atoms with van der Waals surface area (Å²) in [4.78, 5) is 9.10. The molecule has 0 bridgehead atoms. The maximum atomic E-state index is 9.06. The Hall–Kier alpha value is -3.39. The Morgan fingerprint density at radius 3 is 2.44 bits per heavy atom. The Bertz CT molecular complexity index is 996. The molecule has 0 radical (unpaired) electrons. The summed E-state index contributed by atoms with van der Waals surface area (Å²) in [6, 6.07) is 19.5. The lowest BCUT2D eigenvalue weighted by Crippen LogP contribution is -2.14. The van der Waals surface area contributed by atoms with Crippen LogP contribution in [0.25, 0.3) is 0 Å². The Morgan fingerprint density at radius 2 is 1.70 bits per heavy atom. The zero-order chi connectivity index (χ0) is 19.4. The number of anilines is 4. The first kappa shape index (κ1) is 18.4. The van der Waals surface area contributed by atoms with Crippen LogP contribution in [0.15, 0.2) is 54.6 Å². The van der Waals surface area contributed by atoms with E-state index in [0.717, 1.165) is 17.1 Å². The smallest absolute Gasteiger partial charge is 0.229 e. The molecule has 0 amide bonds. The van der Waals surface area contributed by atoms with Crippen LogP contribution < -0.4 is 10.6 Å². The molecule has 0 saturated heterocycles. The topological polar surface area (TPSA) is 73.6 Å². The van der Waals surface area contributed by atoms with Gasteiger partial charge in [0.15, 0.2) is 0 Å². The van der Waals surface area contributed by atoms with Crippen molar-refractivity contribution in [1.82, 2.24) is 9.97 Å². The molecule has 0 atom stereocenters. The van der Waals surface area contributed by atoms with E-state index in [9.17, 15) is 0 Å². The number of aryl methyl sites for hydroxylation is 1. The third-order valence-electron chi connectivity index (χ3n) is 4.10. The highest BCUT2D eigenvalue weighted by atomic mass is 15.1. The van der Waals surface area contributed by atoms with Gasteiger partial charge < -0.3 is 10.6 Å². The van der Waals surface area contributed by atoms with E-state index in [0.29, 0.717) is 17.3 Å². The van der Waals surface area contributed by atoms with Crippen molar-refractivity contribution in [2.75, 3.05) is 10.6 Å². The van der Waals surface area contributed by atoms with E-state index in [1.807, 2.05) is 43.3 Å². The van der Waals surface area contributed by atoms with Crippen molar-refractivity contribution in [3.8, 4) is 6.07 Å². The van der Waals surface area contributed by atoms with Crippen LogP contribution in [-0.2, 0) is 5.41 Å². The third kappa shape index (κ3) is 4.62. The Labute approximate surface area is 160 Å². The number of rotatable bonds is 4. The summed E-state index contributed by atoms with van der Waals surface area (Å²) in [6.07, 6.45) is 0. The largest absolute Gasteiger partial charge is 0.340 e. The van der Waals surface area contributed by atoms with Crippen LogP contribution >= 0.6 is 0 Å². The molecule has 5 nitrogen and oxygen atoms in total. The minimum Gasteiger partial charge on any atom is -0.340 e. The van der Waals surface area contributed by atoms with Crippen LogP contribution in [0.1, 0.15) is 37.6 Å². The number of nitrogens with zero attached hydrogens (tertiary/aromatic N) is 3. The second kappa shape index (κ2) is 7.46. The monoisotopic (exact) mass is 357 g/mol. The number of aromatic nitrogens is 2. The van der Waals surface area contributed by atoms with E-state index < -0.39 is 0 Å². The van der Waals surface area contributed by atoms with Crippen molar-refractivity contribution >= 4 is 23.1 Å². The van der Waals surface area contributed by atoms with Crippen LogP contribution in [0, 0.1) is 18.3 Å². The van der Waals surface area contributed by atoms with Crippen LogP contribution in [0.3, 0.4) is 0 Å². The number of hydrogen-bond acceptors (Lipinski definition) is 5. The summed E-state index contributed by atoms with van der Waals surface area (Å²) < 4.78 is 0. The highest BCUT2D eigenvalue weighted by molar-refractivity contribution is 5.64. The molecule has 2 aromatic carbocycles. The first-order chi connectivity index (χ1) is 12.8. The van der Waals surface area contributed by atoms with E-state index in [4.69, 9.17) is 5.26 Å². The molecule has 136 valence electrons. The van der Waals surface area contributed by atoms with Gasteiger partial charge in [-0.3, -0.25) is 0 Å². The van der Waals surface area contributed by atoms with Gasteiger partial charge in [0.2, 0.25) is 5.95 Å². The molecule has 3 aromatic rings. The molecule has 1 aromatic heterocycles. The zero-order valence-electron chi connectivity index (χ0n) is 16.0. The summed E-state index contributed by atoms with van der Waals surface area (Å²) in [5.41, 5.74) is 4.46. The van der Waals surface area contributed by atoms with Crippen LogP contribution in [0.2, 0.25) is 0 Å². The molecule has 27 heavy (non-hydrogen) atoms. The standard InChI is InChI=1S/C22H23N5/c1-15-12-20(25-17-9-7-8-16(13-17)14-23)27-21(24-15)26-19-11-6-5-10-18(19)22(2,3)4/h5-13H,1-4H3,(H2,24,25,26,27). The number of benzene rings is 2. The summed E-state index contributed by atoms with van der Waals surface area (Å²) >= 11 is 0. The fourth-order valence-corrected chi connectivity index (χ4v) is 2.87. The van der Waals surface area contributed by atoms with Gasteiger partial charge in [0.1, 0.15) is 5.82 Å². The molecule has 1 heterocycles. The zero-order valence-corrected chi connectivity index (χ0v) is 16.0. The van der Waals surface area contributed by atoms with Gasteiger partial charge in [-0.15, -0.1) is 0 Å².